The average molecular weight is 429 g/mol. The molecule has 0 aliphatic carbocycles. The Morgan fingerprint density at radius 2 is 1.70 bits per heavy atom. The van der Waals surface area contributed by atoms with Crippen LogP contribution in [0.15, 0.2) is 0 Å². The Hall–Kier alpha value is -2.20. The van der Waals surface area contributed by atoms with Gasteiger partial charge in [-0.2, -0.15) is 0 Å². The van der Waals surface area contributed by atoms with Gasteiger partial charge >= 0.3 is 5.97 Å². The van der Waals surface area contributed by atoms with Crippen LogP contribution in [0.4, 0.5) is 0 Å². The van der Waals surface area contributed by atoms with E-state index in [1.54, 1.807) is 13.8 Å². The summed E-state index contributed by atoms with van der Waals surface area (Å²) in [4.78, 5) is 50.9. The molecule has 1 rings (SSSR count). The molecule has 1 aliphatic rings. The van der Waals surface area contributed by atoms with E-state index in [9.17, 15) is 29.4 Å². The molecule has 0 saturated carbocycles. The quantitative estimate of drug-likeness (QED) is 0.311. The van der Waals surface area contributed by atoms with Crippen LogP contribution in [0.1, 0.15) is 53.9 Å². The number of nitrogens with two attached hydrogens (primary N) is 1. The van der Waals surface area contributed by atoms with Gasteiger partial charge in [0.1, 0.15) is 18.1 Å². The summed E-state index contributed by atoms with van der Waals surface area (Å²) in [6, 6.07) is -4.02. The van der Waals surface area contributed by atoms with Gasteiger partial charge in [-0.05, 0) is 31.6 Å². The van der Waals surface area contributed by atoms with Crippen LogP contribution in [-0.4, -0.2) is 75.6 Å². The number of nitrogens with one attached hydrogen (secondary N) is 2. The Kier molecular flexibility index (Phi) is 9.70. The summed E-state index contributed by atoms with van der Waals surface area (Å²) in [5.74, 6) is -3.32. The summed E-state index contributed by atoms with van der Waals surface area (Å²) in [6.45, 7) is 8.79. The van der Waals surface area contributed by atoms with Crippen molar-refractivity contribution < 1.29 is 29.4 Å². The van der Waals surface area contributed by atoms with E-state index in [1.807, 2.05) is 13.8 Å². The zero-order valence-electron chi connectivity index (χ0n) is 18.4. The number of aliphatic carboxylic acids is 1. The molecule has 0 aromatic rings. The van der Waals surface area contributed by atoms with Crippen molar-refractivity contribution in [1.82, 2.24) is 15.5 Å². The van der Waals surface area contributed by atoms with Crippen LogP contribution in [-0.2, 0) is 19.2 Å². The predicted molar refractivity (Wildman–Crippen MR) is 110 cm³/mol. The Bertz CT molecular complexity index is 639. The second-order valence-corrected chi connectivity index (χ2v) is 8.40. The van der Waals surface area contributed by atoms with Crippen LogP contribution in [0, 0.1) is 11.8 Å². The van der Waals surface area contributed by atoms with E-state index < -0.39 is 48.1 Å². The third kappa shape index (κ3) is 6.40. The van der Waals surface area contributed by atoms with Gasteiger partial charge in [0.15, 0.2) is 0 Å². The number of hydrogen-bond donors (Lipinski definition) is 5. The molecular formula is C20H36N4O6. The Morgan fingerprint density at radius 1 is 1.10 bits per heavy atom. The summed E-state index contributed by atoms with van der Waals surface area (Å²) in [6.07, 6.45) is 0.505. The molecular weight excluding hydrogens is 392 g/mol. The fourth-order valence-electron chi connectivity index (χ4n) is 3.40. The minimum atomic E-state index is -1.35. The minimum absolute atomic E-state index is 0.0400. The van der Waals surface area contributed by atoms with Crippen molar-refractivity contribution in [2.24, 2.45) is 17.6 Å². The minimum Gasteiger partial charge on any atom is -0.480 e. The molecule has 1 fully saturated rings. The zero-order chi connectivity index (χ0) is 23.2. The Morgan fingerprint density at radius 3 is 2.17 bits per heavy atom. The van der Waals surface area contributed by atoms with Crippen LogP contribution in [0.25, 0.3) is 0 Å². The molecule has 0 spiro atoms. The van der Waals surface area contributed by atoms with Crippen LogP contribution >= 0.6 is 0 Å². The number of likely N-dealkylation sites (tertiary alicyclic amines) is 1. The number of carbonyl (C=O) groups is 4. The van der Waals surface area contributed by atoms with Crippen molar-refractivity contribution in [3.8, 4) is 0 Å². The van der Waals surface area contributed by atoms with E-state index >= 15 is 0 Å². The topological polar surface area (TPSA) is 162 Å². The Balaban J connectivity index is 2.90. The normalized spacial score (nSPS) is 21.5. The van der Waals surface area contributed by atoms with Gasteiger partial charge in [-0.15, -0.1) is 0 Å². The lowest BCUT2D eigenvalue weighted by atomic mass is 9.98. The van der Waals surface area contributed by atoms with Crippen LogP contribution in [0.3, 0.4) is 0 Å². The first-order valence-corrected chi connectivity index (χ1v) is 10.5. The van der Waals surface area contributed by atoms with E-state index in [0.29, 0.717) is 19.4 Å². The third-order valence-electron chi connectivity index (χ3n) is 5.67. The van der Waals surface area contributed by atoms with Crippen LogP contribution < -0.4 is 16.4 Å². The lowest BCUT2D eigenvalue weighted by Crippen LogP contribution is -2.60. The number of carboxylic acids is 1. The van der Waals surface area contributed by atoms with Crippen molar-refractivity contribution in [3.05, 3.63) is 0 Å². The SMILES string of the molecule is CCC(C)C(N)C(=O)N1CCCC1C(=O)NC(C(=O)NC(C(=O)O)C(C)C)C(C)O. The highest BCUT2D eigenvalue weighted by atomic mass is 16.4. The van der Waals surface area contributed by atoms with Gasteiger partial charge in [0.05, 0.1) is 12.1 Å². The maximum atomic E-state index is 12.8. The fourth-order valence-corrected chi connectivity index (χ4v) is 3.40. The van der Waals surface area contributed by atoms with E-state index in [2.05, 4.69) is 10.6 Å². The summed E-state index contributed by atoms with van der Waals surface area (Å²) < 4.78 is 0. The van der Waals surface area contributed by atoms with Gasteiger partial charge in [0, 0.05) is 6.54 Å². The number of nitrogens with zero attached hydrogens (tertiary/aromatic N) is 1. The number of carbonyl (C=O) groups excluding carboxylic acids is 3. The molecule has 10 heteroatoms. The van der Waals surface area contributed by atoms with Crippen molar-refractivity contribution in [2.75, 3.05) is 6.54 Å². The lowest BCUT2D eigenvalue weighted by Gasteiger charge is -2.30. The maximum Gasteiger partial charge on any atom is 0.326 e. The molecule has 1 saturated heterocycles. The summed E-state index contributed by atoms with van der Waals surface area (Å²) in [5.41, 5.74) is 6.04. The third-order valence-corrected chi connectivity index (χ3v) is 5.67. The molecule has 6 atom stereocenters. The van der Waals surface area contributed by atoms with E-state index in [4.69, 9.17) is 5.73 Å². The van der Waals surface area contributed by atoms with Gasteiger partial charge < -0.3 is 31.5 Å². The van der Waals surface area contributed by atoms with Crippen LogP contribution in [0.5, 0.6) is 0 Å². The summed E-state index contributed by atoms with van der Waals surface area (Å²) in [7, 11) is 0. The van der Waals surface area contributed by atoms with E-state index in [1.165, 1.54) is 11.8 Å². The molecule has 0 bridgehead atoms. The zero-order valence-corrected chi connectivity index (χ0v) is 18.4. The summed E-state index contributed by atoms with van der Waals surface area (Å²) in [5, 5.41) is 24.1. The number of aliphatic hydroxyl groups is 1. The first kappa shape index (κ1) is 25.8. The average Bonchev–Trinajstić information content (AvgIpc) is 3.17. The molecule has 3 amide bonds. The highest BCUT2D eigenvalue weighted by molar-refractivity contribution is 5.94. The molecule has 30 heavy (non-hydrogen) atoms. The maximum absolute atomic E-state index is 12.8. The standard InChI is InChI=1S/C20H36N4O6/c1-6-11(4)14(21)19(28)24-9-7-8-13(24)17(26)23-16(12(5)25)18(27)22-15(10(2)3)20(29)30/h10-16,25H,6-9,21H2,1-5H3,(H,22,27)(H,23,26)(H,29,30). The molecule has 1 heterocycles. The molecule has 0 aromatic heterocycles. The van der Waals surface area contributed by atoms with Gasteiger partial charge in [-0.1, -0.05) is 34.1 Å². The first-order valence-electron chi connectivity index (χ1n) is 10.5. The summed E-state index contributed by atoms with van der Waals surface area (Å²) >= 11 is 0. The molecule has 172 valence electrons. The second-order valence-electron chi connectivity index (χ2n) is 8.40. The first-order chi connectivity index (χ1) is 13.9. The fraction of sp³-hybridized carbons (Fsp3) is 0.800. The van der Waals surface area contributed by atoms with Gasteiger partial charge in [0.25, 0.3) is 0 Å². The number of carboxylic acid groups (broad SMARTS) is 1. The number of rotatable bonds is 10. The predicted octanol–water partition coefficient (Wildman–Crippen LogP) is -0.558. The second kappa shape index (κ2) is 11.3. The monoisotopic (exact) mass is 428 g/mol. The largest absolute Gasteiger partial charge is 0.480 e. The Labute approximate surface area is 177 Å². The van der Waals surface area contributed by atoms with Gasteiger partial charge in [-0.3, -0.25) is 14.4 Å². The van der Waals surface area contributed by atoms with Gasteiger partial charge in [-0.25, -0.2) is 4.79 Å². The van der Waals surface area contributed by atoms with Crippen molar-refractivity contribution in [3.63, 3.8) is 0 Å². The molecule has 6 unspecified atom stereocenters. The lowest BCUT2D eigenvalue weighted by molar-refractivity contribution is -0.145. The number of aliphatic hydroxyl groups excluding tert-OH is 1. The highest BCUT2D eigenvalue weighted by Crippen LogP contribution is 2.21. The molecule has 10 nitrogen and oxygen atoms in total. The number of hydrogen-bond acceptors (Lipinski definition) is 6. The number of amides is 3. The smallest absolute Gasteiger partial charge is 0.326 e. The van der Waals surface area contributed by atoms with E-state index in [-0.39, 0.29) is 17.7 Å². The van der Waals surface area contributed by atoms with Crippen molar-refractivity contribution >= 4 is 23.7 Å². The molecule has 0 aromatic carbocycles. The molecule has 6 N–H and O–H groups in total. The van der Waals surface area contributed by atoms with Crippen LogP contribution in [0.2, 0.25) is 0 Å². The van der Waals surface area contributed by atoms with Crippen molar-refractivity contribution in [1.29, 1.82) is 0 Å². The molecule has 1 aliphatic heterocycles. The van der Waals surface area contributed by atoms with E-state index in [0.717, 1.165) is 6.42 Å². The van der Waals surface area contributed by atoms with Gasteiger partial charge in [0.2, 0.25) is 17.7 Å². The molecule has 0 radical (unpaired) electrons. The van der Waals surface area contributed by atoms with Crippen molar-refractivity contribution in [2.45, 2.75) is 84.2 Å². The highest BCUT2D eigenvalue weighted by Gasteiger charge is 2.39.